The van der Waals surface area contributed by atoms with Crippen LogP contribution < -0.4 is 15.1 Å². The number of piperazine rings is 1. The summed E-state index contributed by atoms with van der Waals surface area (Å²) < 4.78 is 27.0. The third-order valence-corrected chi connectivity index (χ3v) is 6.07. The average molecular weight is 614 g/mol. The highest BCUT2D eigenvalue weighted by molar-refractivity contribution is 5.93. The molecule has 14 nitrogen and oxygen atoms in total. The zero-order valence-corrected chi connectivity index (χ0v) is 25.8. The lowest BCUT2D eigenvalue weighted by Gasteiger charge is -2.34. The highest BCUT2D eigenvalue weighted by Crippen LogP contribution is 2.15. The van der Waals surface area contributed by atoms with Crippen LogP contribution in [0.3, 0.4) is 0 Å². The molecule has 44 heavy (non-hydrogen) atoms. The van der Waals surface area contributed by atoms with Crippen molar-refractivity contribution < 1.29 is 33.3 Å². The van der Waals surface area contributed by atoms with Gasteiger partial charge in [-0.05, 0) is 20.8 Å². The number of carbonyl (C=O) groups is 2. The minimum Gasteiger partial charge on any atom is -0.460 e. The van der Waals surface area contributed by atoms with Gasteiger partial charge in [0.05, 0.1) is 70.4 Å². The third kappa shape index (κ3) is 13.2. The molecule has 1 aliphatic heterocycles. The van der Waals surface area contributed by atoms with E-state index in [1.165, 1.54) is 12.4 Å². The fourth-order valence-corrected chi connectivity index (χ4v) is 3.92. The molecule has 1 fully saturated rings. The van der Waals surface area contributed by atoms with Crippen LogP contribution in [0.4, 0.5) is 11.9 Å². The van der Waals surface area contributed by atoms with Crippen LogP contribution in [0.5, 0.6) is 0 Å². The maximum Gasteiger partial charge on any atom is 0.308 e. The first kappa shape index (κ1) is 34.6. The number of aromatic nitrogens is 4. The summed E-state index contributed by atoms with van der Waals surface area (Å²) in [6.45, 7) is 11.8. The standard InChI is InChI=1S/C30H43N7O7/c1-5-24-20-32-28(33-21-24)36-8-10-37(11-9-36)29-34-22-25(23-35-29)27(39)31-7-13-41-15-17-43-19-18-42-16-14-40-12-6-26(38)44-30(2,3)4/h1,20-23H,6-19H2,2-4H3,(H,31,39). The second-order valence-corrected chi connectivity index (χ2v) is 10.7. The molecule has 3 rings (SSSR count). The lowest BCUT2D eigenvalue weighted by molar-refractivity contribution is -0.156. The molecule has 1 N–H and O–H groups in total. The zero-order valence-electron chi connectivity index (χ0n) is 25.8. The molecule has 0 spiro atoms. The quantitative estimate of drug-likeness (QED) is 0.145. The summed E-state index contributed by atoms with van der Waals surface area (Å²) in [6.07, 6.45) is 11.9. The Bertz CT molecular complexity index is 1180. The number of rotatable bonds is 18. The number of carbonyl (C=O) groups excluding carboxylic acids is 2. The molecule has 0 atom stereocenters. The second kappa shape index (κ2) is 18.7. The van der Waals surface area contributed by atoms with Crippen LogP contribution in [0.25, 0.3) is 0 Å². The normalized spacial score (nSPS) is 13.4. The van der Waals surface area contributed by atoms with Gasteiger partial charge in [-0.2, -0.15) is 0 Å². The van der Waals surface area contributed by atoms with Crippen molar-refractivity contribution >= 4 is 23.8 Å². The molecule has 0 saturated carbocycles. The van der Waals surface area contributed by atoms with Gasteiger partial charge in [0.1, 0.15) is 5.60 Å². The Balaban J connectivity index is 1.15. The molecular formula is C30H43N7O7. The number of esters is 1. The van der Waals surface area contributed by atoms with E-state index < -0.39 is 5.60 Å². The van der Waals surface area contributed by atoms with Gasteiger partial charge in [-0.3, -0.25) is 9.59 Å². The molecule has 1 aliphatic rings. The number of anilines is 2. The van der Waals surface area contributed by atoms with Crippen molar-refractivity contribution in [2.75, 3.05) is 95.4 Å². The summed E-state index contributed by atoms with van der Waals surface area (Å²) >= 11 is 0. The van der Waals surface area contributed by atoms with Gasteiger partial charge in [0.2, 0.25) is 11.9 Å². The Morgan fingerprint density at radius 2 is 1.23 bits per heavy atom. The number of ether oxygens (including phenoxy) is 5. The molecule has 0 radical (unpaired) electrons. The minimum atomic E-state index is -0.487. The summed E-state index contributed by atoms with van der Waals surface area (Å²) in [7, 11) is 0. The monoisotopic (exact) mass is 613 g/mol. The number of hydrogen-bond donors (Lipinski definition) is 1. The predicted octanol–water partition coefficient (Wildman–Crippen LogP) is 1.10. The maximum absolute atomic E-state index is 12.4. The van der Waals surface area contributed by atoms with E-state index >= 15 is 0 Å². The Hall–Kier alpha value is -3.90. The summed E-state index contributed by atoms with van der Waals surface area (Å²) in [5.41, 5.74) is 0.543. The van der Waals surface area contributed by atoms with Gasteiger partial charge in [-0.25, -0.2) is 19.9 Å². The molecule has 1 amide bonds. The van der Waals surface area contributed by atoms with Gasteiger partial charge in [-0.15, -0.1) is 6.42 Å². The highest BCUT2D eigenvalue weighted by Gasteiger charge is 2.21. The molecule has 0 aliphatic carbocycles. The van der Waals surface area contributed by atoms with E-state index in [-0.39, 0.29) is 18.3 Å². The van der Waals surface area contributed by atoms with E-state index in [1.807, 2.05) is 20.8 Å². The van der Waals surface area contributed by atoms with E-state index in [9.17, 15) is 9.59 Å². The molecule has 240 valence electrons. The maximum atomic E-state index is 12.4. The van der Waals surface area contributed by atoms with Gasteiger partial charge in [-0.1, -0.05) is 5.92 Å². The summed E-state index contributed by atoms with van der Waals surface area (Å²) in [5.74, 6) is 3.19. The van der Waals surface area contributed by atoms with Crippen LogP contribution in [0, 0.1) is 12.3 Å². The molecule has 0 bridgehead atoms. The number of hydrogen-bond acceptors (Lipinski definition) is 13. The highest BCUT2D eigenvalue weighted by atomic mass is 16.6. The van der Waals surface area contributed by atoms with Crippen molar-refractivity contribution in [2.45, 2.75) is 32.8 Å². The van der Waals surface area contributed by atoms with E-state index in [0.717, 1.165) is 13.1 Å². The van der Waals surface area contributed by atoms with Crippen molar-refractivity contribution in [3.8, 4) is 12.3 Å². The van der Waals surface area contributed by atoms with Crippen molar-refractivity contribution in [1.29, 1.82) is 0 Å². The molecule has 0 unspecified atom stereocenters. The lowest BCUT2D eigenvalue weighted by atomic mass is 10.2. The van der Waals surface area contributed by atoms with E-state index in [0.29, 0.717) is 95.5 Å². The number of nitrogens with zero attached hydrogens (tertiary/aromatic N) is 6. The topological polar surface area (TPSA) is 150 Å². The van der Waals surface area contributed by atoms with Crippen LogP contribution in [-0.4, -0.2) is 123 Å². The fourth-order valence-electron chi connectivity index (χ4n) is 3.92. The molecule has 2 aromatic heterocycles. The minimum absolute atomic E-state index is 0.215. The van der Waals surface area contributed by atoms with Crippen molar-refractivity contribution in [3.63, 3.8) is 0 Å². The van der Waals surface area contributed by atoms with Crippen LogP contribution in [0.1, 0.15) is 43.1 Å². The summed E-state index contributed by atoms with van der Waals surface area (Å²) in [6, 6.07) is 0. The molecule has 1 saturated heterocycles. The van der Waals surface area contributed by atoms with Gasteiger partial charge in [0.25, 0.3) is 5.91 Å². The average Bonchev–Trinajstić information content (AvgIpc) is 3.02. The van der Waals surface area contributed by atoms with Gasteiger partial charge in [0, 0.05) is 57.5 Å². The van der Waals surface area contributed by atoms with Crippen LogP contribution in [-0.2, 0) is 28.5 Å². The van der Waals surface area contributed by atoms with E-state index in [2.05, 4.69) is 41.0 Å². The van der Waals surface area contributed by atoms with Crippen molar-refractivity contribution in [3.05, 3.63) is 35.9 Å². The zero-order chi connectivity index (χ0) is 31.6. The first-order valence-corrected chi connectivity index (χ1v) is 14.7. The Kier molecular flexibility index (Phi) is 14.7. The second-order valence-electron chi connectivity index (χ2n) is 10.7. The number of nitrogens with one attached hydrogen (secondary N) is 1. The number of amides is 1. The molecule has 3 heterocycles. The van der Waals surface area contributed by atoms with Crippen LogP contribution >= 0.6 is 0 Å². The van der Waals surface area contributed by atoms with Crippen molar-refractivity contribution in [2.24, 2.45) is 0 Å². The van der Waals surface area contributed by atoms with Gasteiger partial charge >= 0.3 is 5.97 Å². The molecule has 2 aromatic rings. The van der Waals surface area contributed by atoms with Gasteiger partial charge < -0.3 is 38.8 Å². The summed E-state index contributed by atoms with van der Waals surface area (Å²) in [5, 5.41) is 2.80. The Labute approximate surface area is 258 Å². The SMILES string of the molecule is C#Cc1cnc(N2CCN(c3ncc(C(=O)NCCOCCOCCOCCOCCC(=O)OC(C)(C)C)cn3)CC2)nc1. The van der Waals surface area contributed by atoms with E-state index in [4.69, 9.17) is 30.1 Å². The Morgan fingerprint density at radius 3 is 1.70 bits per heavy atom. The van der Waals surface area contributed by atoms with E-state index in [1.54, 1.807) is 12.4 Å². The molecule has 14 heteroatoms. The molecule has 0 aromatic carbocycles. The lowest BCUT2D eigenvalue weighted by Crippen LogP contribution is -2.47. The number of terminal acetylenes is 1. The third-order valence-electron chi connectivity index (χ3n) is 6.07. The first-order valence-electron chi connectivity index (χ1n) is 14.7. The fraction of sp³-hybridized carbons (Fsp3) is 0.600. The van der Waals surface area contributed by atoms with Crippen molar-refractivity contribution in [1.82, 2.24) is 25.3 Å². The first-order chi connectivity index (χ1) is 21.2. The largest absolute Gasteiger partial charge is 0.460 e. The predicted molar refractivity (Wildman–Crippen MR) is 162 cm³/mol. The molecular weight excluding hydrogens is 570 g/mol. The van der Waals surface area contributed by atoms with Crippen LogP contribution in [0.2, 0.25) is 0 Å². The van der Waals surface area contributed by atoms with Crippen LogP contribution in [0.15, 0.2) is 24.8 Å². The summed E-state index contributed by atoms with van der Waals surface area (Å²) in [4.78, 5) is 45.5. The Morgan fingerprint density at radius 1 is 0.773 bits per heavy atom. The smallest absolute Gasteiger partial charge is 0.308 e. The van der Waals surface area contributed by atoms with Gasteiger partial charge in [0.15, 0.2) is 0 Å².